The Kier molecular flexibility index (Phi) is 5.83. The van der Waals surface area contributed by atoms with E-state index in [1.54, 1.807) is 18.5 Å². The summed E-state index contributed by atoms with van der Waals surface area (Å²) in [6.45, 7) is 2.33. The maximum Gasteiger partial charge on any atom is 0.229 e. The lowest BCUT2D eigenvalue weighted by molar-refractivity contribution is -0.121. The van der Waals surface area contributed by atoms with Crippen LogP contribution in [0.3, 0.4) is 0 Å². The van der Waals surface area contributed by atoms with Gasteiger partial charge in [-0.3, -0.25) is 9.69 Å². The molecule has 6 nitrogen and oxygen atoms in total. The average molecular weight is 441 g/mol. The van der Waals surface area contributed by atoms with Crippen LogP contribution in [0.15, 0.2) is 63.8 Å². The van der Waals surface area contributed by atoms with Gasteiger partial charge in [-0.25, -0.2) is 9.97 Å². The van der Waals surface area contributed by atoms with Crippen molar-refractivity contribution in [2.75, 3.05) is 18.4 Å². The number of nitrogens with zero attached hydrogens (tertiary/aromatic N) is 3. The number of hydrogen-bond acceptors (Lipinski definition) is 5. The molecule has 0 radical (unpaired) electrons. The number of pyridine rings is 1. The summed E-state index contributed by atoms with van der Waals surface area (Å²) in [6.07, 6.45) is 5.25. The number of aromatic nitrogens is 2. The molecule has 7 heteroatoms. The Balaban J connectivity index is 1.35. The van der Waals surface area contributed by atoms with E-state index in [2.05, 4.69) is 36.1 Å². The predicted molar refractivity (Wildman–Crippen MR) is 111 cm³/mol. The normalized spacial score (nSPS) is 17.4. The van der Waals surface area contributed by atoms with Crippen molar-refractivity contribution in [3.63, 3.8) is 0 Å². The molecule has 0 aliphatic carbocycles. The minimum Gasteiger partial charge on any atom is -0.444 e. The number of carbonyl (C=O) groups excluding carboxylic acids is 1. The molecule has 2 aromatic heterocycles. The number of oxazole rings is 1. The van der Waals surface area contributed by atoms with Crippen LogP contribution in [0.4, 0.5) is 5.82 Å². The maximum absolute atomic E-state index is 12.6. The number of halogens is 1. The van der Waals surface area contributed by atoms with Gasteiger partial charge in [-0.15, -0.1) is 0 Å². The number of hydrogen-bond donors (Lipinski definition) is 1. The van der Waals surface area contributed by atoms with Crippen LogP contribution < -0.4 is 5.32 Å². The Labute approximate surface area is 172 Å². The summed E-state index contributed by atoms with van der Waals surface area (Å²) in [5.74, 6) is 1.17. The Bertz CT molecular complexity index is 927. The van der Waals surface area contributed by atoms with Crippen LogP contribution in [0.5, 0.6) is 0 Å². The van der Waals surface area contributed by atoms with Crippen LogP contribution in [-0.2, 0) is 11.3 Å². The van der Waals surface area contributed by atoms with Gasteiger partial charge >= 0.3 is 0 Å². The van der Waals surface area contributed by atoms with E-state index < -0.39 is 0 Å². The fourth-order valence-electron chi connectivity index (χ4n) is 3.41. The molecule has 1 saturated heterocycles. The third kappa shape index (κ3) is 4.66. The van der Waals surface area contributed by atoms with Gasteiger partial charge in [0.2, 0.25) is 11.8 Å². The zero-order chi connectivity index (χ0) is 19.3. The van der Waals surface area contributed by atoms with Crippen molar-refractivity contribution in [2.45, 2.75) is 19.4 Å². The predicted octanol–water partition coefficient (Wildman–Crippen LogP) is 4.35. The molecular weight excluding hydrogens is 420 g/mol. The first kappa shape index (κ1) is 18.8. The topological polar surface area (TPSA) is 71.3 Å². The zero-order valence-corrected chi connectivity index (χ0v) is 16.9. The Morgan fingerprint density at radius 2 is 2.11 bits per heavy atom. The van der Waals surface area contributed by atoms with Crippen molar-refractivity contribution in [1.29, 1.82) is 0 Å². The van der Waals surface area contributed by atoms with Gasteiger partial charge < -0.3 is 9.73 Å². The van der Waals surface area contributed by atoms with Crippen LogP contribution in [0.1, 0.15) is 18.5 Å². The van der Waals surface area contributed by atoms with Crippen LogP contribution in [-0.4, -0.2) is 33.9 Å². The summed E-state index contributed by atoms with van der Waals surface area (Å²) in [4.78, 5) is 23.7. The molecular formula is C21H21BrN4O2. The Morgan fingerprint density at radius 1 is 1.25 bits per heavy atom. The first-order valence-corrected chi connectivity index (χ1v) is 10.1. The Hall–Kier alpha value is -2.51. The summed E-state index contributed by atoms with van der Waals surface area (Å²) >= 11 is 3.35. The monoisotopic (exact) mass is 440 g/mol. The molecule has 144 valence electrons. The van der Waals surface area contributed by atoms with Crippen LogP contribution in [0.2, 0.25) is 0 Å². The highest BCUT2D eigenvalue weighted by atomic mass is 79.9. The molecule has 1 N–H and O–H groups in total. The number of likely N-dealkylation sites (tertiary alicyclic amines) is 1. The lowest BCUT2D eigenvalue weighted by Gasteiger charge is -2.31. The Morgan fingerprint density at radius 3 is 2.89 bits per heavy atom. The van der Waals surface area contributed by atoms with Gasteiger partial charge in [-0.2, -0.15) is 0 Å². The zero-order valence-electron chi connectivity index (χ0n) is 15.3. The minimum atomic E-state index is -0.0558. The third-order valence-electron chi connectivity index (χ3n) is 4.81. The molecule has 4 rings (SSSR count). The highest BCUT2D eigenvalue weighted by molar-refractivity contribution is 9.10. The molecule has 0 spiro atoms. The van der Waals surface area contributed by atoms with E-state index >= 15 is 0 Å². The number of amides is 1. The van der Waals surface area contributed by atoms with Crippen molar-refractivity contribution in [3.8, 4) is 11.5 Å². The number of anilines is 1. The summed E-state index contributed by atoms with van der Waals surface area (Å²) in [7, 11) is 0. The average Bonchev–Trinajstić information content (AvgIpc) is 3.19. The van der Waals surface area contributed by atoms with E-state index in [1.807, 2.05) is 36.4 Å². The molecule has 1 unspecified atom stereocenters. The van der Waals surface area contributed by atoms with Gasteiger partial charge in [0.25, 0.3) is 0 Å². The van der Waals surface area contributed by atoms with Gasteiger partial charge in [0.15, 0.2) is 0 Å². The number of carbonyl (C=O) groups is 1. The maximum atomic E-state index is 12.6. The van der Waals surface area contributed by atoms with E-state index in [0.717, 1.165) is 35.1 Å². The van der Waals surface area contributed by atoms with Crippen molar-refractivity contribution >= 4 is 27.7 Å². The van der Waals surface area contributed by atoms with Gasteiger partial charge in [-0.1, -0.05) is 18.2 Å². The molecule has 3 heterocycles. The molecule has 1 aliphatic rings. The first-order chi connectivity index (χ1) is 13.7. The van der Waals surface area contributed by atoms with E-state index in [0.29, 0.717) is 24.8 Å². The second-order valence-corrected chi connectivity index (χ2v) is 7.85. The first-order valence-electron chi connectivity index (χ1n) is 9.32. The van der Waals surface area contributed by atoms with Crippen LogP contribution >= 0.6 is 15.9 Å². The fourth-order valence-corrected chi connectivity index (χ4v) is 3.65. The molecule has 1 aromatic carbocycles. The SMILES string of the molecule is O=C(Nc1ccc(Br)cn1)C1CCCN(Cc2coc(-c3ccccc3)n2)C1. The quantitative estimate of drug-likeness (QED) is 0.638. The standard InChI is InChI=1S/C21H21BrN4O2/c22-17-8-9-19(23-11-17)25-20(27)16-7-4-10-26(12-16)13-18-14-28-21(24-18)15-5-2-1-3-6-15/h1-3,5-6,8-9,11,14,16H,4,7,10,12-13H2,(H,23,25,27). The second-order valence-electron chi connectivity index (χ2n) is 6.94. The molecule has 1 aliphatic heterocycles. The van der Waals surface area contributed by atoms with Gasteiger partial charge in [0.05, 0.1) is 11.6 Å². The summed E-state index contributed by atoms with van der Waals surface area (Å²) < 4.78 is 6.51. The molecule has 1 atom stereocenters. The number of rotatable bonds is 5. The van der Waals surface area contributed by atoms with Crippen LogP contribution in [0.25, 0.3) is 11.5 Å². The fraction of sp³-hybridized carbons (Fsp3) is 0.286. The number of piperidine rings is 1. The molecule has 0 bridgehead atoms. The van der Waals surface area contributed by atoms with Crippen molar-refractivity contribution < 1.29 is 9.21 Å². The smallest absolute Gasteiger partial charge is 0.229 e. The van der Waals surface area contributed by atoms with Crippen LogP contribution in [0, 0.1) is 5.92 Å². The van der Waals surface area contributed by atoms with E-state index in [1.165, 1.54) is 0 Å². The third-order valence-corrected chi connectivity index (χ3v) is 5.28. The summed E-state index contributed by atoms with van der Waals surface area (Å²) in [6, 6.07) is 13.5. The highest BCUT2D eigenvalue weighted by Gasteiger charge is 2.26. The van der Waals surface area contributed by atoms with E-state index in [-0.39, 0.29) is 11.8 Å². The molecule has 1 fully saturated rings. The molecule has 28 heavy (non-hydrogen) atoms. The number of nitrogens with one attached hydrogen (secondary N) is 1. The van der Waals surface area contributed by atoms with Gasteiger partial charge in [0, 0.05) is 29.3 Å². The highest BCUT2D eigenvalue weighted by Crippen LogP contribution is 2.22. The summed E-state index contributed by atoms with van der Waals surface area (Å²) in [5, 5.41) is 2.92. The van der Waals surface area contributed by atoms with Crippen molar-refractivity contribution in [3.05, 3.63) is 65.1 Å². The van der Waals surface area contributed by atoms with Gasteiger partial charge in [-0.05, 0) is 59.6 Å². The second kappa shape index (κ2) is 8.67. The molecule has 3 aromatic rings. The largest absolute Gasteiger partial charge is 0.444 e. The lowest BCUT2D eigenvalue weighted by Crippen LogP contribution is -2.40. The van der Waals surface area contributed by atoms with Crippen molar-refractivity contribution in [2.24, 2.45) is 5.92 Å². The summed E-state index contributed by atoms with van der Waals surface area (Å²) in [5.41, 5.74) is 1.85. The van der Waals surface area contributed by atoms with E-state index in [9.17, 15) is 4.79 Å². The van der Waals surface area contributed by atoms with Gasteiger partial charge in [0.1, 0.15) is 12.1 Å². The van der Waals surface area contributed by atoms with E-state index in [4.69, 9.17) is 4.42 Å². The minimum absolute atomic E-state index is 0.0182. The number of benzene rings is 1. The molecule has 1 amide bonds. The van der Waals surface area contributed by atoms with Crippen molar-refractivity contribution in [1.82, 2.24) is 14.9 Å². The molecule has 0 saturated carbocycles. The lowest BCUT2D eigenvalue weighted by atomic mass is 9.97.